The summed E-state index contributed by atoms with van der Waals surface area (Å²) in [5.41, 5.74) is 1.32. The van der Waals surface area contributed by atoms with Crippen LogP contribution in [0.5, 0.6) is 0 Å². The first-order valence-electron chi connectivity index (χ1n) is 7.96. The van der Waals surface area contributed by atoms with Crippen molar-refractivity contribution >= 4 is 28.6 Å². The third kappa shape index (κ3) is 3.64. The fraction of sp³-hybridized carbons (Fsp3) is 0.389. The summed E-state index contributed by atoms with van der Waals surface area (Å²) in [4.78, 5) is 35.4. The lowest BCUT2D eigenvalue weighted by molar-refractivity contribution is -0.143. The van der Waals surface area contributed by atoms with E-state index >= 15 is 0 Å². The number of benzene rings is 1. The van der Waals surface area contributed by atoms with E-state index in [9.17, 15) is 19.5 Å². The maximum Gasteiger partial charge on any atom is 0.326 e. The molecular formula is C18H22N2O4. The van der Waals surface area contributed by atoms with Gasteiger partial charge in [-0.2, -0.15) is 0 Å². The summed E-state index contributed by atoms with van der Waals surface area (Å²) in [6, 6.07) is 6.41. The van der Waals surface area contributed by atoms with Crippen molar-refractivity contribution in [3.63, 3.8) is 0 Å². The van der Waals surface area contributed by atoms with Crippen molar-refractivity contribution in [2.24, 2.45) is 5.92 Å². The lowest BCUT2D eigenvalue weighted by Crippen LogP contribution is -2.46. The highest BCUT2D eigenvalue weighted by atomic mass is 16.4. The molecule has 0 bridgehead atoms. The van der Waals surface area contributed by atoms with Gasteiger partial charge in [0.2, 0.25) is 5.91 Å². The van der Waals surface area contributed by atoms with Gasteiger partial charge in [0.25, 0.3) is 0 Å². The second-order valence-electron chi connectivity index (χ2n) is 6.01. The molecule has 1 heterocycles. The van der Waals surface area contributed by atoms with Gasteiger partial charge >= 0.3 is 5.97 Å². The van der Waals surface area contributed by atoms with E-state index in [4.69, 9.17) is 0 Å². The Morgan fingerprint density at radius 3 is 2.50 bits per heavy atom. The van der Waals surface area contributed by atoms with Crippen molar-refractivity contribution in [2.75, 3.05) is 0 Å². The van der Waals surface area contributed by atoms with Crippen LogP contribution in [0.15, 0.2) is 30.5 Å². The summed E-state index contributed by atoms with van der Waals surface area (Å²) < 4.78 is 1.68. The van der Waals surface area contributed by atoms with Gasteiger partial charge < -0.3 is 15.0 Å². The van der Waals surface area contributed by atoms with E-state index < -0.39 is 17.9 Å². The van der Waals surface area contributed by atoms with Gasteiger partial charge in [0.1, 0.15) is 12.6 Å². The molecule has 2 N–H and O–H groups in total. The second kappa shape index (κ2) is 7.29. The number of aromatic nitrogens is 1. The number of amides is 1. The molecule has 0 aliphatic carbocycles. The number of hydrogen-bond acceptors (Lipinski definition) is 3. The van der Waals surface area contributed by atoms with Gasteiger partial charge in [-0.1, -0.05) is 38.5 Å². The highest BCUT2D eigenvalue weighted by Gasteiger charge is 2.25. The van der Waals surface area contributed by atoms with Gasteiger partial charge in [0, 0.05) is 22.7 Å². The molecular weight excluding hydrogens is 308 g/mol. The largest absolute Gasteiger partial charge is 0.480 e. The predicted molar refractivity (Wildman–Crippen MR) is 91.0 cm³/mol. The standard InChI is InChI=1S/C18H22N2O4/c1-4-11(2)17(18(23)24)19-16(22)10-20-9-14(12(3)21)13-7-5-6-8-15(13)20/h5-9,11,17H,4,10H2,1-3H3,(H,19,22)(H,23,24). The lowest BCUT2D eigenvalue weighted by atomic mass is 9.99. The van der Waals surface area contributed by atoms with Crippen LogP contribution < -0.4 is 5.32 Å². The van der Waals surface area contributed by atoms with Gasteiger partial charge in [-0.05, 0) is 18.9 Å². The summed E-state index contributed by atoms with van der Waals surface area (Å²) in [6.45, 7) is 5.12. The Labute approximate surface area is 140 Å². The molecule has 2 atom stereocenters. The zero-order chi connectivity index (χ0) is 17.9. The van der Waals surface area contributed by atoms with Crippen molar-refractivity contribution in [3.8, 4) is 0 Å². The van der Waals surface area contributed by atoms with Crippen molar-refractivity contribution in [2.45, 2.75) is 39.8 Å². The second-order valence-corrected chi connectivity index (χ2v) is 6.01. The average molecular weight is 330 g/mol. The number of para-hydroxylation sites is 1. The molecule has 0 saturated carbocycles. The Morgan fingerprint density at radius 1 is 1.25 bits per heavy atom. The first kappa shape index (κ1) is 17.7. The molecule has 0 fully saturated rings. The number of hydrogen-bond donors (Lipinski definition) is 2. The van der Waals surface area contributed by atoms with Crippen LogP contribution in [0.1, 0.15) is 37.6 Å². The number of nitrogens with zero attached hydrogens (tertiary/aromatic N) is 1. The lowest BCUT2D eigenvalue weighted by Gasteiger charge is -2.20. The van der Waals surface area contributed by atoms with Crippen LogP contribution in [0.4, 0.5) is 0 Å². The fourth-order valence-corrected chi connectivity index (χ4v) is 2.72. The smallest absolute Gasteiger partial charge is 0.326 e. The van der Waals surface area contributed by atoms with Crippen LogP contribution in [0.3, 0.4) is 0 Å². The number of carbonyl (C=O) groups excluding carboxylic acids is 2. The number of carbonyl (C=O) groups is 3. The van der Waals surface area contributed by atoms with Crippen LogP contribution in [-0.4, -0.2) is 33.4 Å². The Morgan fingerprint density at radius 2 is 1.92 bits per heavy atom. The van der Waals surface area contributed by atoms with E-state index in [2.05, 4.69) is 5.32 Å². The maximum absolute atomic E-state index is 12.3. The van der Waals surface area contributed by atoms with Crippen molar-refractivity contribution < 1.29 is 19.5 Å². The first-order chi connectivity index (χ1) is 11.3. The molecule has 0 spiro atoms. The van der Waals surface area contributed by atoms with E-state index in [0.29, 0.717) is 12.0 Å². The molecule has 0 saturated heterocycles. The summed E-state index contributed by atoms with van der Waals surface area (Å²) in [6.07, 6.45) is 2.30. The zero-order valence-electron chi connectivity index (χ0n) is 14.1. The molecule has 0 radical (unpaired) electrons. The molecule has 2 aromatic rings. The fourth-order valence-electron chi connectivity index (χ4n) is 2.72. The Hall–Kier alpha value is -2.63. The van der Waals surface area contributed by atoms with Gasteiger partial charge in [-0.25, -0.2) is 4.79 Å². The molecule has 1 aromatic carbocycles. The average Bonchev–Trinajstić information content (AvgIpc) is 2.90. The van der Waals surface area contributed by atoms with Crippen LogP contribution in [0.25, 0.3) is 10.9 Å². The molecule has 2 unspecified atom stereocenters. The monoisotopic (exact) mass is 330 g/mol. The third-order valence-electron chi connectivity index (χ3n) is 4.28. The summed E-state index contributed by atoms with van der Waals surface area (Å²) in [5, 5.41) is 12.6. The number of fused-ring (bicyclic) bond motifs is 1. The van der Waals surface area contributed by atoms with Crippen LogP contribution in [-0.2, 0) is 16.1 Å². The normalized spacial score (nSPS) is 13.5. The van der Waals surface area contributed by atoms with E-state index in [1.165, 1.54) is 6.92 Å². The van der Waals surface area contributed by atoms with E-state index in [1.54, 1.807) is 17.7 Å². The highest BCUT2D eigenvalue weighted by Crippen LogP contribution is 2.21. The molecule has 0 aliphatic rings. The summed E-state index contributed by atoms with van der Waals surface area (Å²) in [5.74, 6) is -1.67. The van der Waals surface area contributed by atoms with Gasteiger partial charge in [0.05, 0.1) is 0 Å². The highest BCUT2D eigenvalue weighted by molar-refractivity contribution is 6.07. The summed E-state index contributed by atoms with van der Waals surface area (Å²) >= 11 is 0. The SMILES string of the molecule is CCC(C)C(NC(=O)Cn1cc(C(C)=O)c2ccccc21)C(=O)O. The van der Waals surface area contributed by atoms with E-state index in [1.807, 2.05) is 31.2 Å². The molecule has 0 aliphatic heterocycles. The van der Waals surface area contributed by atoms with Crippen LogP contribution >= 0.6 is 0 Å². The predicted octanol–water partition coefficient (Wildman–Crippen LogP) is 2.46. The number of Topliss-reactive ketones (excluding diaryl/α,β-unsaturated/α-hetero) is 1. The Balaban J connectivity index is 2.25. The molecule has 1 aromatic heterocycles. The van der Waals surface area contributed by atoms with Gasteiger partial charge in [-0.3, -0.25) is 9.59 Å². The Bertz CT molecular complexity index is 778. The molecule has 6 nitrogen and oxygen atoms in total. The van der Waals surface area contributed by atoms with Crippen LogP contribution in [0, 0.1) is 5.92 Å². The van der Waals surface area contributed by atoms with Crippen molar-refractivity contribution in [1.29, 1.82) is 0 Å². The molecule has 6 heteroatoms. The van der Waals surface area contributed by atoms with Gasteiger partial charge in [-0.15, -0.1) is 0 Å². The minimum atomic E-state index is -1.04. The topological polar surface area (TPSA) is 88.4 Å². The molecule has 128 valence electrons. The quantitative estimate of drug-likeness (QED) is 0.763. The van der Waals surface area contributed by atoms with E-state index in [0.717, 1.165) is 10.9 Å². The number of nitrogens with one attached hydrogen (secondary N) is 1. The maximum atomic E-state index is 12.3. The molecule has 2 rings (SSSR count). The van der Waals surface area contributed by atoms with Crippen molar-refractivity contribution in [3.05, 3.63) is 36.0 Å². The number of aliphatic carboxylic acids is 1. The Kier molecular flexibility index (Phi) is 5.39. The zero-order valence-corrected chi connectivity index (χ0v) is 14.1. The minimum absolute atomic E-state index is 0.0337. The van der Waals surface area contributed by atoms with Crippen LogP contribution in [0.2, 0.25) is 0 Å². The number of ketones is 1. The molecule has 1 amide bonds. The molecule has 24 heavy (non-hydrogen) atoms. The van der Waals surface area contributed by atoms with Gasteiger partial charge in [0.15, 0.2) is 5.78 Å². The number of carboxylic acid groups (broad SMARTS) is 1. The minimum Gasteiger partial charge on any atom is -0.480 e. The van der Waals surface area contributed by atoms with E-state index in [-0.39, 0.29) is 18.2 Å². The number of carboxylic acids is 1. The van der Waals surface area contributed by atoms with Crippen molar-refractivity contribution in [1.82, 2.24) is 9.88 Å². The summed E-state index contributed by atoms with van der Waals surface area (Å²) in [7, 11) is 0. The first-order valence-corrected chi connectivity index (χ1v) is 7.96. The number of rotatable bonds is 7. The third-order valence-corrected chi connectivity index (χ3v) is 4.28.